The van der Waals surface area contributed by atoms with Crippen LogP contribution in [0.25, 0.3) is 0 Å². The summed E-state index contributed by atoms with van der Waals surface area (Å²) >= 11 is 0. The minimum atomic E-state index is 0.0621. The highest BCUT2D eigenvalue weighted by Gasteiger charge is 2.35. The quantitative estimate of drug-likeness (QED) is 0.889. The molecule has 1 saturated heterocycles. The van der Waals surface area contributed by atoms with E-state index in [1.807, 2.05) is 0 Å². The molecule has 2 rings (SSSR count). The van der Waals surface area contributed by atoms with Crippen LogP contribution in [0.2, 0.25) is 0 Å². The molecule has 0 bridgehead atoms. The highest BCUT2D eigenvalue weighted by atomic mass is 16.5. The van der Waals surface area contributed by atoms with Crippen LogP contribution in [0.15, 0.2) is 30.3 Å². The maximum absolute atomic E-state index is 6.12. The van der Waals surface area contributed by atoms with E-state index in [9.17, 15) is 0 Å². The van der Waals surface area contributed by atoms with Crippen LogP contribution in [-0.4, -0.2) is 31.8 Å². The molecule has 1 fully saturated rings. The molecule has 0 saturated carbocycles. The Morgan fingerprint density at radius 1 is 1.22 bits per heavy atom. The number of nitrogens with two attached hydrogens (primary N) is 1. The first-order chi connectivity index (χ1) is 8.82. The first-order valence-corrected chi connectivity index (χ1v) is 6.93. The summed E-state index contributed by atoms with van der Waals surface area (Å²) in [5, 5.41) is 0. The Morgan fingerprint density at radius 2 is 2.00 bits per heavy atom. The molecule has 1 unspecified atom stereocenters. The van der Waals surface area contributed by atoms with Crippen LogP contribution in [0.5, 0.6) is 0 Å². The van der Waals surface area contributed by atoms with Crippen molar-refractivity contribution in [2.75, 3.05) is 31.2 Å². The van der Waals surface area contributed by atoms with Gasteiger partial charge in [-0.2, -0.15) is 0 Å². The molecule has 1 heterocycles. The number of likely N-dealkylation sites (N-methyl/N-ethyl adjacent to an activating group) is 1. The molecule has 1 aliphatic heterocycles. The molecule has 0 radical (unpaired) electrons. The molecule has 100 valence electrons. The monoisotopic (exact) mass is 248 g/mol. The van der Waals surface area contributed by atoms with Gasteiger partial charge in [0.1, 0.15) is 0 Å². The highest BCUT2D eigenvalue weighted by Crippen LogP contribution is 2.31. The van der Waals surface area contributed by atoms with Gasteiger partial charge in [0.25, 0.3) is 0 Å². The van der Waals surface area contributed by atoms with Gasteiger partial charge in [0.05, 0.1) is 5.54 Å². The maximum Gasteiger partial charge on any atom is 0.0546 e. The van der Waals surface area contributed by atoms with Crippen LogP contribution in [0.4, 0.5) is 5.69 Å². The van der Waals surface area contributed by atoms with E-state index in [2.05, 4.69) is 42.2 Å². The molecule has 3 nitrogen and oxygen atoms in total. The van der Waals surface area contributed by atoms with Crippen molar-refractivity contribution >= 4 is 5.69 Å². The summed E-state index contributed by atoms with van der Waals surface area (Å²) in [5.41, 5.74) is 7.46. The summed E-state index contributed by atoms with van der Waals surface area (Å²) in [7, 11) is 0. The third-order valence-electron chi connectivity index (χ3n) is 3.98. The maximum atomic E-state index is 6.12. The van der Waals surface area contributed by atoms with Crippen molar-refractivity contribution in [2.45, 2.75) is 31.7 Å². The number of ether oxygens (including phenoxy) is 1. The fourth-order valence-electron chi connectivity index (χ4n) is 2.98. The van der Waals surface area contributed by atoms with Gasteiger partial charge < -0.3 is 15.4 Å². The predicted molar refractivity (Wildman–Crippen MR) is 75.9 cm³/mol. The zero-order valence-corrected chi connectivity index (χ0v) is 11.3. The van der Waals surface area contributed by atoms with Gasteiger partial charge in [0.15, 0.2) is 0 Å². The van der Waals surface area contributed by atoms with E-state index in [0.717, 1.165) is 39.0 Å². The molecule has 0 amide bonds. The second kappa shape index (κ2) is 6.21. The number of nitrogens with zero attached hydrogens (tertiary/aromatic N) is 1. The summed E-state index contributed by atoms with van der Waals surface area (Å²) in [6.45, 7) is 5.57. The van der Waals surface area contributed by atoms with E-state index in [4.69, 9.17) is 10.5 Å². The van der Waals surface area contributed by atoms with E-state index < -0.39 is 0 Å². The van der Waals surface area contributed by atoms with Crippen LogP contribution < -0.4 is 10.6 Å². The average Bonchev–Trinajstić information content (AvgIpc) is 2.67. The predicted octanol–water partition coefficient (Wildman–Crippen LogP) is 2.41. The van der Waals surface area contributed by atoms with Gasteiger partial charge >= 0.3 is 0 Å². The fourth-order valence-corrected chi connectivity index (χ4v) is 2.98. The second-order valence-corrected chi connectivity index (χ2v) is 4.97. The first-order valence-electron chi connectivity index (χ1n) is 6.93. The molecule has 1 aromatic carbocycles. The van der Waals surface area contributed by atoms with Gasteiger partial charge in [0.2, 0.25) is 0 Å². The summed E-state index contributed by atoms with van der Waals surface area (Å²) in [6.07, 6.45) is 3.24. The Balaban J connectivity index is 2.27. The number of hydrogen-bond acceptors (Lipinski definition) is 3. The van der Waals surface area contributed by atoms with Crippen LogP contribution in [0.1, 0.15) is 26.2 Å². The topological polar surface area (TPSA) is 38.5 Å². The summed E-state index contributed by atoms with van der Waals surface area (Å²) < 4.78 is 5.60. The molecule has 2 N–H and O–H groups in total. The normalized spacial score (nSPS) is 24.6. The third-order valence-corrected chi connectivity index (χ3v) is 3.98. The van der Waals surface area contributed by atoms with Crippen LogP contribution in [0, 0.1) is 0 Å². The van der Waals surface area contributed by atoms with E-state index in [0.29, 0.717) is 6.54 Å². The highest BCUT2D eigenvalue weighted by molar-refractivity contribution is 5.49. The minimum Gasteiger partial charge on any atom is -0.381 e. The molecule has 1 atom stereocenters. The zero-order valence-electron chi connectivity index (χ0n) is 11.3. The number of para-hydroxylation sites is 1. The van der Waals surface area contributed by atoms with Crippen molar-refractivity contribution in [1.29, 1.82) is 0 Å². The zero-order chi connectivity index (χ0) is 12.8. The first kappa shape index (κ1) is 13.4. The molecule has 18 heavy (non-hydrogen) atoms. The molecule has 0 spiro atoms. The Hall–Kier alpha value is -1.06. The van der Waals surface area contributed by atoms with E-state index in [-0.39, 0.29) is 5.54 Å². The molecule has 1 aromatic rings. The lowest BCUT2D eigenvalue weighted by Gasteiger charge is -2.44. The number of anilines is 1. The minimum absolute atomic E-state index is 0.0621. The van der Waals surface area contributed by atoms with E-state index in [1.54, 1.807) is 0 Å². The number of hydrogen-bond donors (Lipinski definition) is 1. The van der Waals surface area contributed by atoms with Crippen molar-refractivity contribution in [3.8, 4) is 0 Å². The Bertz CT molecular complexity index is 345. The second-order valence-electron chi connectivity index (χ2n) is 4.97. The van der Waals surface area contributed by atoms with Gasteiger partial charge in [0, 0.05) is 32.0 Å². The van der Waals surface area contributed by atoms with Crippen molar-refractivity contribution in [3.63, 3.8) is 0 Å². The van der Waals surface area contributed by atoms with E-state index in [1.165, 1.54) is 5.69 Å². The molecule has 3 heteroatoms. The van der Waals surface area contributed by atoms with E-state index >= 15 is 0 Å². The lowest BCUT2D eigenvalue weighted by atomic mass is 9.88. The molecular weight excluding hydrogens is 224 g/mol. The smallest absolute Gasteiger partial charge is 0.0546 e. The SMILES string of the molecule is CCN(c1ccccc1)C1(CN)CCCOCC1. The largest absolute Gasteiger partial charge is 0.381 e. The Labute approximate surface area is 110 Å². The van der Waals surface area contributed by atoms with Crippen LogP contribution in [-0.2, 0) is 4.74 Å². The summed E-state index contributed by atoms with van der Waals surface area (Å²) in [5.74, 6) is 0. The summed E-state index contributed by atoms with van der Waals surface area (Å²) in [4.78, 5) is 2.46. The van der Waals surface area contributed by atoms with Gasteiger partial charge in [-0.15, -0.1) is 0 Å². The summed E-state index contributed by atoms with van der Waals surface area (Å²) in [6, 6.07) is 10.6. The van der Waals surface area contributed by atoms with Crippen molar-refractivity contribution in [3.05, 3.63) is 30.3 Å². The lowest BCUT2D eigenvalue weighted by Crippen LogP contribution is -2.54. The number of rotatable bonds is 4. The van der Waals surface area contributed by atoms with Crippen LogP contribution in [0.3, 0.4) is 0 Å². The molecular formula is C15H24N2O. The lowest BCUT2D eigenvalue weighted by molar-refractivity contribution is 0.139. The van der Waals surface area contributed by atoms with Gasteiger partial charge in [-0.05, 0) is 38.3 Å². The number of benzene rings is 1. The van der Waals surface area contributed by atoms with Crippen molar-refractivity contribution < 1.29 is 4.74 Å². The fraction of sp³-hybridized carbons (Fsp3) is 0.600. The third kappa shape index (κ3) is 2.68. The van der Waals surface area contributed by atoms with Gasteiger partial charge in [-0.1, -0.05) is 18.2 Å². The van der Waals surface area contributed by atoms with Crippen molar-refractivity contribution in [2.24, 2.45) is 5.73 Å². The Morgan fingerprint density at radius 3 is 2.67 bits per heavy atom. The Kier molecular flexibility index (Phi) is 4.61. The molecule has 1 aliphatic rings. The van der Waals surface area contributed by atoms with Crippen molar-refractivity contribution in [1.82, 2.24) is 0 Å². The molecule has 0 aromatic heterocycles. The standard InChI is InChI=1S/C15H24N2O/c1-2-17(14-7-4-3-5-8-14)15(13-16)9-6-11-18-12-10-15/h3-5,7-8H,2,6,9-13,16H2,1H3. The van der Waals surface area contributed by atoms with Crippen LogP contribution >= 0.6 is 0 Å². The molecule has 0 aliphatic carbocycles. The van der Waals surface area contributed by atoms with Gasteiger partial charge in [-0.25, -0.2) is 0 Å². The van der Waals surface area contributed by atoms with Gasteiger partial charge in [-0.3, -0.25) is 0 Å². The average molecular weight is 248 g/mol.